The van der Waals surface area contributed by atoms with Gasteiger partial charge in [-0.1, -0.05) is 36.5 Å². The molecule has 3 nitrogen and oxygen atoms in total. The first-order chi connectivity index (χ1) is 10.1. The van der Waals surface area contributed by atoms with Crippen LogP contribution < -0.4 is 0 Å². The summed E-state index contributed by atoms with van der Waals surface area (Å²) >= 11 is 0. The van der Waals surface area contributed by atoms with Crippen molar-refractivity contribution in [1.29, 1.82) is 0 Å². The first kappa shape index (κ1) is 19.7. The Kier molecular flexibility index (Phi) is 14.1. The van der Waals surface area contributed by atoms with E-state index in [2.05, 4.69) is 36.5 Å². The predicted octanol–water partition coefficient (Wildman–Crippen LogP) is 4.63. The van der Waals surface area contributed by atoms with Crippen LogP contribution in [0.1, 0.15) is 64.7 Å². The van der Waals surface area contributed by atoms with Crippen LogP contribution in [0.2, 0.25) is 0 Å². The number of carboxylic acids is 1. The Morgan fingerprint density at radius 2 is 1.43 bits per heavy atom. The minimum absolute atomic E-state index is 0.186. The standard InChI is InChI=1S/C18H30O3/c1-17(19)15-13-11-9-7-5-3-2-4-6-8-10-12-14-16-18(20)21/h2-3,6-9,17,19H,4-5,10-16H2,1H3,(H,20,21)/b3-2-,8-6-,9-7-. The molecule has 0 aromatic carbocycles. The zero-order valence-electron chi connectivity index (χ0n) is 13.2. The maximum absolute atomic E-state index is 10.3. The van der Waals surface area contributed by atoms with Crippen LogP contribution in [-0.2, 0) is 4.79 Å². The molecule has 0 radical (unpaired) electrons. The Morgan fingerprint density at radius 3 is 1.95 bits per heavy atom. The fourth-order valence-electron chi connectivity index (χ4n) is 1.85. The van der Waals surface area contributed by atoms with E-state index in [0.717, 1.165) is 51.4 Å². The van der Waals surface area contributed by atoms with E-state index >= 15 is 0 Å². The number of aliphatic hydroxyl groups is 1. The molecule has 0 saturated carbocycles. The molecule has 0 rings (SSSR count). The molecule has 0 aromatic heterocycles. The second-order valence-corrected chi connectivity index (χ2v) is 5.31. The largest absolute Gasteiger partial charge is 0.481 e. The van der Waals surface area contributed by atoms with Crippen LogP contribution in [0.5, 0.6) is 0 Å². The quantitative estimate of drug-likeness (QED) is 0.384. The summed E-state index contributed by atoms with van der Waals surface area (Å²) in [7, 11) is 0. The van der Waals surface area contributed by atoms with Crippen molar-refractivity contribution in [2.45, 2.75) is 70.8 Å². The molecule has 120 valence electrons. The highest BCUT2D eigenvalue weighted by Crippen LogP contribution is 2.03. The summed E-state index contributed by atoms with van der Waals surface area (Å²) in [6.07, 6.45) is 20.5. The monoisotopic (exact) mass is 294 g/mol. The number of aliphatic carboxylic acids is 1. The lowest BCUT2D eigenvalue weighted by Gasteiger charge is -1.99. The highest BCUT2D eigenvalue weighted by molar-refractivity contribution is 5.66. The molecule has 0 saturated heterocycles. The molecule has 0 aromatic rings. The van der Waals surface area contributed by atoms with Crippen molar-refractivity contribution >= 4 is 5.97 Å². The molecule has 1 atom stereocenters. The Bertz CT molecular complexity index is 327. The smallest absolute Gasteiger partial charge is 0.303 e. The average Bonchev–Trinajstić information content (AvgIpc) is 2.42. The van der Waals surface area contributed by atoms with Gasteiger partial charge in [-0.2, -0.15) is 0 Å². The molecule has 0 spiro atoms. The number of carboxylic acid groups (broad SMARTS) is 1. The van der Waals surface area contributed by atoms with Gasteiger partial charge in [0.1, 0.15) is 0 Å². The Labute approximate surface area is 129 Å². The van der Waals surface area contributed by atoms with Crippen molar-refractivity contribution in [3.8, 4) is 0 Å². The van der Waals surface area contributed by atoms with Crippen LogP contribution in [0.4, 0.5) is 0 Å². The van der Waals surface area contributed by atoms with Crippen LogP contribution in [0.3, 0.4) is 0 Å². The SMILES string of the molecule is CC(O)CCC/C=C\C/C=C\C/C=C\CCCCC(=O)O. The van der Waals surface area contributed by atoms with E-state index in [1.54, 1.807) is 0 Å². The van der Waals surface area contributed by atoms with E-state index < -0.39 is 5.97 Å². The fourth-order valence-corrected chi connectivity index (χ4v) is 1.85. The van der Waals surface area contributed by atoms with Crippen molar-refractivity contribution < 1.29 is 15.0 Å². The van der Waals surface area contributed by atoms with Gasteiger partial charge >= 0.3 is 5.97 Å². The van der Waals surface area contributed by atoms with E-state index in [9.17, 15) is 4.79 Å². The predicted molar refractivity (Wildman–Crippen MR) is 88.3 cm³/mol. The van der Waals surface area contributed by atoms with Gasteiger partial charge in [-0.3, -0.25) is 4.79 Å². The average molecular weight is 294 g/mol. The second kappa shape index (κ2) is 15.0. The lowest BCUT2D eigenvalue weighted by Crippen LogP contribution is -1.97. The highest BCUT2D eigenvalue weighted by atomic mass is 16.4. The van der Waals surface area contributed by atoms with E-state index in [-0.39, 0.29) is 12.5 Å². The van der Waals surface area contributed by atoms with Crippen molar-refractivity contribution in [3.05, 3.63) is 36.5 Å². The molecule has 0 bridgehead atoms. The normalized spacial score (nSPS) is 13.6. The van der Waals surface area contributed by atoms with Crippen LogP contribution in [0, 0.1) is 0 Å². The molecular formula is C18H30O3. The lowest BCUT2D eigenvalue weighted by molar-refractivity contribution is -0.137. The van der Waals surface area contributed by atoms with Crippen molar-refractivity contribution in [1.82, 2.24) is 0 Å². The third-order valence-electron chi connectivity index (χ3n) is 3.05. The summed E-state index contributed by atoms with van der Waals surface area (Å²) < 4.78 is 0. The van der Waals surface area contributed by atoms with Crippen molar-refractivity contribution in [2.24, 2.45) is 0 Å². The van der Waals surface area contributed by atoms with Crippen molar-refractivity contribution in [3.63, 3.8) is 0 Å². The fraction of sp³-hybridized carbons (Fsp3) is 0.611. The van der Waals surface area contributed by atoms with Gasteiger partial charge in [0.05, 0.1) is 6.10 Å². The second-order valence-electron chi connectivity index (χ2n) is 5.31. The Morgan fingerprint density at radius 1 is 0.905 bits per heavy atom. The number of rotatable bonds is 13. The zero-order chi connectivity index (χ0) is 15.8. The first-order valence-corrected chi connectivity index (χ1v) is 7.97. The van der Waals surface area contributed by atoms with E-state index in [1.807, 2.05) is 6.92 Å². The summed E-state index contributed by atoms with van der Waals surface area (Å²) in [5.74, 6) is -0.708. The Hall–Kier alpha value is -1.35. The molecule has 1 unspecified atom stereocenters. The van der Waals surface area contributed by atoms with Crippen LogP contribution in [0.15, 0.2) is 36.5 Å². The van der Waals surface area contributed by atoms with E-state index in [1.165, 1.54) is 0 Å². The number of aliphatic hydroxyl groups excluding tert-OH is 1. The maximum atomic E-state index is 10.3. The van der Waals surface area contributed by atoms with Gasteiger partial charge in [-0.05, 0) is 58.3 Å². The van der Waals surface area contributed by atoms with Crippen molar-refractivity contribution in [2.75, 3.05) is 0 Å². The van der Waals surface area contributed by atoms with E-state index in [4.69, 9.17) is 10.2 Å². The number of carbonyl (C=O) groups is 1. The van der Waals surface area contributed by atoms with Crippen LogP contribution in [-0.4, -0.2) is 22.3 Å². The third kappa shape index (κ3) is 18.6. The Balaban J connectivity index is 3.35. The zero-order valence-corrected chi connectivity index (χ0v) is 13.2. The minimum atomic E-state index is -0.708. The molecule has 0 amide bonds. The molecule has 21 heavy (non-hydrogen) atoms. The van der Waals surface area contributed by atoms with Gasteiger partial charge in [-0.15, -0.1) is 0 Å². The van der Waals surface area contributed by atoms with Crippen LogP contribution >= 0.6 is 0 Å². The molecule has 0 aliphatic rings. The number of allylic oxidation sites excluding steroid dienone is 6. The highest BCUT2D eigenvalue weighted by Gasteiger charge is 1.94. The number of unbranched alkanes of at least 4 members (excludes halogenated alkanes) is 3. The first-order valence-electron chi connectivity index (χ1n) is 7.97. The molecule has 0 aliphatic heterocycles. The summed E-state index contributed by atoms with van der Waals surface area (Å²) in [5, 5.41) is 17.6. The van der Waals surface area contributed by atoms with Gasteiger partial charge in [-0.25, -0.2) is 0 Å². The summed E-state index contributed by atoms with van der Waals surface area (Å²) in [4.78, 5) is 10.3. The van der Waals surface area contributed by atoms with Gasteiger partial charge in [0.15, 0.2) is 0 Å². The van der Waals surface area contributed by atoms with Crippen LogP contribution in [0.25, 0.3) is 0 Å². The van der Waals surface area contributed by atoms with Gasteiger partial charge in [0, 0.05) is 6.42 Å². The summed E-state index contributed by atoms with van der Waals surface area (Å²) in [5.41, 5.74) is 0. The summed E-state index contributed by atoms with van der Waals surface area (Å²) in [6, 6.07) is 0. The number of hydrogen-bond acceptors (Lipinski definition) is 2. The number of hydrogen-bond donors (Lipinski definition) is 2. The third-order valence-corrected chi connectivity index (χ3v) is 3.05. The topological polar surface area (TPSA) is 57.5 Å². The summed E-state index contributed by atoms with van der Waals surface area (Å²) in [6.45, 7) is 1.83. The maximum Gasteiger partial charge on any atom is 0.303 e. The molecular weight excluding hydrogens is 264 g/mol. The molecule has 0 fully saturated rings. The minimum Gasteiger partial charge on any atom is -0.481 e. The molecule has 0 heterocycles. The molecule has 3 heteroatoms. The lowest BCUT2D eigenvalue weighted by atomic mass is 10.1. The van der Waals surface area contributed by atoms with Gasteiger partial charge in [0.2, 0.25) is 0 Å². The van der Waals surface area contributed by atoms with Gasteiger partial charge < -0.3 is 10.2 Å². The van der Waals surface area contributed by atoms with Gasteiger partial charge in [0.25, 0.3) is 0 Å². The van der Waals surface area contributed by atoms with E-state index in [0.29, 0.717) is 0 Å². The molecule has 0 aliphatic carbocycles. The molecule has 2 N–H and O–H groups in total.